The van der Waals surface area contributed by atoms with Crippen molar-refractivity contribution in [1.82, 2.24) is 10.2 Å². The zero-order valence-corrected chi connectivity index (χ0v) is 20.4. The predicted molar refractivity (Wildman–Crippen MR) is 124 cm³/mol. The number of ether oxygens (including phenoxy) is 3. The molecule has 1 N–H and O–H groups in total. The van der Waals surface area contributed by atoms with Crippen LogP contribution in [0.3, 0.4) is 0 Å². The molecule has 2 aromatic rings. The van der Waals surface area contributed by atoms with Crippen molar-refractivity contribution >= 4 is 62.5 Å². The van der Waals surface area contributed by atoms with Gasteiger partial charge in [-0.1, -0.05) is 12.1 Å². The minimum Gasteiger partial charge on any atom is -0.493 e. The fourth-order valence-electron chi connectivity index (χ4n) is 2.77. The van der Waals surface area contributed by atoms with E-state index in [2.05, 4.69) is 48.6 Å². The lowest BCUT2D eigenvalue weighted by Crippen LogP contribution is -2.36. The Labute approximate surface area is 200 Å². The van der Waals surface area contributed by atoms with Gasteiger partial charge < -0.3 is 19.5 Å². The van der Waals surface area contributed by atoms with Crippen LogP contribution in [0.5, 0.6) is 11.5 Å². The van der Waals surface area contributed by atoms with Gasteiger partial charge in [0.15, 0.2) is 11.5 Å². The zero-order valence-electron chi connectivity index (χ0n) is 16.6. The molecule has 0 saturated carbocycles. The van der Waals surface area contributed by atoms with E-state index < -0.39 is 24.5 Å². The van der Waals surface area contributed by atoms with Crippen LogP contribution in [0.15, 0.2) is 46.6 Å². The van der Waals surface area contributed by atoms with E-state index in [1.165, 1.54) is 20.3 Å². The van der Waals surface area contributed by atoms with Gasteiger partial charge >= 0.3 is 12.0 Å². The van der Waals surface area contributed by atoms with Crippen LogP contribution in [0.2, 0.25) is 0 Å². The SMILES string of the molecule is COC(=O)CN1C(=O)N/C(=C/c2cc(Br)c(OCc3ccc(I)cc3)c(OC)c2)C1=O. The van der Waals surface area contributed by atoms with Gasteiger partial charge in [0.25, 0.3) is 5.91 Å². The Morgan fingerprint density at radius 1 is 1.19 bits per heavy atom. The van der Waals surface area contributed by atoms with Crippen LogP contribution in [-0.2, 0) is 20.9 Å². The highest BCUT2D eigenvalue weighted by atomic mass is 127. The number of carbonyl (C=O) groups is 3. The van der Waals surface area contributed by atoms with Crippen LogP contribution in [0, 0.1) is 3.57 Å². The Bertz CT molecular complexity index is 1050. The van der Waals surface area contributed by atoms with Crippen molar-refractivity contribution in [3.63, 3.8) is 0 Å². The molecule has 0 spiro atoms. The second kappa shape index (κ2) is 10.1. The average Bonchev–Trinajstić information content (AvgIpc) is 3.01. The monoisotopic (exact) mass is 600 g/mol. The number of imide groups is 1. The molecule has 1 aliphatic heterocycles. The highest BCUT2D eigenvalue weighted by Crippen LogP contribution is 2.38. The Morgan fingerprint density at radius 2 is 1.90 bits per heavy atom. The molecule has 8 nitrogen and oxygen atoms in total. The van der Waals surface area contributed by atoms with E-state index in [4.69, 9.17) is 9.47 Å². The summed E-state index contributed by atoms with van der Waals surface area (Å²) in [6, 6.07) is 10.7. The van der Waals surface area contributed by atoms with Crippen molar-refractivity contribution in [2.45, 2.75) is 6.61 Å². The number of carbonyl (C=O) groups excluding carboxylic acids is 3. The molecule has 1 saturated heterocycles. The highest BCUT2D eigenvalue weighted by Gasteiger charge is 2.35. The number of methoxy groups -OCH3 is 2. The summed E-state index contributed by atoms with van der Waals surface area (Å²) in [5, 5.41) is 2.46. The third-order valence-electron chi connectivity index (χ3n) is 4.34. The molecule has 10 heteroatoms. The van der Waals surface area contributed by atoms with Crippen LogP contribution in [-0.4, -0.2) is 43.6 Å². The van der Waals surface area contributed by atoms with Gasteiger partial charge in [0.2, 0.25) is 0 Å². The first-order valence-corrected chi connectivity index (χ1v) is 10.9. The summed E-state index contributed by atoms with van der Waals surface area (Å²) in [7, 11) is 2.69. The Morgan fingerprint density at radius 3 is 2.55 bits per heavy atom. The van der Waals surface area contributed by atoms with Crippen LogP contribution in [0.4, 0.5) is 4.79 Å². The molecule has 2 aromatic carbocycles. The molecule has 0 bridgehead atoms. The van der Waals surface area contributed by atoms with E-state index in [1.54, 1.807) is 12.1 Å². The maximum atomic E-state index is 12.5. The van der Waals surface area contributed by atoms with Crippen molar-refractivity contribution in [1.29, 1.82) is 0 Å². The maximum Gasteiger partial charge on any atom is 0.329 e. The van der Waals surface area contributed by atoms with Gasteiger partial charge in [-0.15, -0.1) is 0 Å². The first-order valence-electron chi connectivity index (χ1n) is 8.98. The van der Waals surface area contributed by atoms with Gasteiger partial charge in [-0.3, -0.25) is 9.59 Å². The standard InChI is InChI=1S/C21H18BrIN2O6/c1-29-17-9-13(8-16-20(27)25(21(28)24-16)10-18(26)30-2)7-15(22)19(17)31-11-12-3-5-14(23)6-4-12/h3-9H,10-11H2,1-2H3,(H,24,28)/b16-8+. The third-order valence-corrected chi connectivity index (χ3v) is 5.64. The summed E-state index contributed by atoms with van der Waals surface area (Å²) in [5.74, 6) is -0.347. The van der Waals surface area contributed by atoms with E-state index in [-0.39, 0.29) is 5.70 Å². The number of halogens is 2. The van der Waals surface area contributed by atoms with Crippen molar-refractivity contribution in [3.8, 4) is 11.5 Å². The molecule has 162 valence electrons. The summed E-state index contributed by atoms with van der Waals surface area (Å²) in [6.45, 7) is -0.111. The number of nitrogens with zero attached hydrogens (tertiary/aromatic N) is 1. The number of esters is 1. The summed E-state index contributed by atoms with van der Waals surface area (Å²) in [6.07, 6.45) is 1.49. The normalized spacial score (nSPS) is 14.6. The molecule has 31 heavy (non-hydrogen) atoms. The van der Waals surface area contributed by atoms with E-state index in [0.717, 1.165) is 14.0 Å². The maximum absolute atomic E-state index is 12.5. The van der Waals surface area contributed by atoms with Crippen molar-refractivity contribution in [2.24, 2.45) is 0 Å². The lowest BCUT2D eigenvalue weighted by Gasteiger charge is -2.14. The Kier molecular flexibility index (Phi) is 7.55. The highest BCUT2D eigenvalue weighted by molar-refractivity contribution is 14.1. The molecule has 0 atom stereocenters. The first kappa shape index (κ1) is 23.1. The van der Waals surface area contributed by atoms with Gasteiger partial charge in [-0.2, -0.15) is 0 Å². The number of hydrogen-bond acceptors (Lipinski definition) is 6. The lowest BCUT2D eigenvalue weighted by molar-refractivity contribution is -0.143. The summed E-state index contributed by atoms with van der Waals surface area (Å²) in [5.41, 5.74) is 1.63. The number of urea groups is 1. The lowest BCUT2D eigenvalue weighted by atomic mass is 10.1. The first-order chi connectivity index (χ1) is 14.8. The second-order valence-corrected chi connectivity index (χ2v) is 8.50. The number of nitrogens with one attached hydrogen (secondary N) is 1. The Balaban J connectivity index is 1.80. The van der Waals surface area contributed by atoms with Gasteiger partial charge in [0, 0.05) is 3.57 Å². The van der Waals surface area contributed by atoms with Crippen molar-refractivity contribution in [2.75, 3.05) is 20.8 Å². The molecule has 1 aliphatic rings. The average molecular weight is 601 g/mol. The van der Waals surface area contributed by atoms with Crippen molar-refractivity contribution in [3.05, 3.63) is 61.3 Å². The third kappa shape index (κ3) is 5.56. The molecule has 1 fully saturated rings. The minimum atomic E-state index is -0.691. The summed E-state index contributed by atoms with van der Waals surface area (Å²) >= 11 is 5.71. The number of benzene rings is 2. The van der Waals surface area contributed by atoms with Gasteiger partial charge in [0.1, 0.15) is 18.8 Å². The molecular weight excluding hydrogens is 583 g/mol. The summed E-state index contributed by atoms with van der Waals surface area (Å²) < 4.78 is 17.6. The summed E-state index contributed by atoms with van der Waals surface area (Å²) in [4.78, 5) is 36.7. The van der Waals surface area contributed by atoms with E-state index in [9.17, 15) is 14.4 Å². The van der Waals surface area contributed by atoms with Gasteiger partial charge in [0.05, 0.1) is 18.7 Å². The van der Waals surface area contributed by atoms with Crippen LogP contribution in [0.25, 0.3) is 6.08 Å². The molecular formula is C21H18BrIN2O6. The molecule has 0 radical (unpaired) electrons. The number of rotatable bonds is 7. The largest absolute Gasteiger partial charge is 0.493 e. The van der Waals surface area contributed by atoms with Crippen molar-refractivity contribution < 1.29 is 28.6 Å². The Hall–Kier alpha value is -2.60. The molecule has 0 aromatic heterocycles. The second-order valence-electron chi connectivity index (χ2n) is 6.40. The van der Waals surface area contributed by atoms with Gasteiger partial charge in [-0.25, -0.2) is 9.69 Å². The number of amides is 3. The van der Waals surface area contributed by atoms with E-state index in [0.29, 0.717) is 28.1 Å². The van der Waals surface area contributed by atoms with E-state index in [1.807, 2.05) is 24.3 Å². The quantitative estimate of drug-likeness (QED) is 0.225. The minimum absolute atomic E-state index is 0.0374. The molecule has 3 amide bonds. The van der Waals surface area contributed by atoms with Crippen LogP contribution < -0.4 is 14.8 Å². The molecule has 0 aliphatic carbocycles. The predicted octanol–water partition coefficient (Wildman–Crippen LogP) is 3.71. The van der Waals surface area contributed by atoms with Crippen LogP contribution >= 0.6 is 38.5 Å². The van der Waals surface area contributed by atoms with E-state index >= 15 is 0 Å². The molecule has 0 unspecified atom stereocenters. The fourth-order valence-corrected chi connectivity index (χ4v) is 3.71. The van der Waals surface area contributed by atoms with Gasteiger partial charge in [-0.05, 0) is 80.0 Å². The van der Waals surface area contributed by atoms with Crippen LogP contribution in [0.1, 0.15) is 11.1 Å². The smallest absolute Gasteiger partial charge is 0.329 e. The zero-order chi connectivity index (χ0) is 22.5. The fraction of sp³-hybridized carbons (Fsp3) is 0.190. The molecule has 3 rings (SSSR count). The topological polar surface area (TPSA) is 94.2 Å². The number of hydrogen-bond donors (Lipinski definition) is 1. The molecule has 1 heterocycles.